The van der Waals surface area contributed by atoms with E-state index in [-0.39, 0.29) is 5.84 Å². The maximum absolute atomic E-state index is 9.02. The molecule has 0 amide bonds. The SMILES string of the molecule is CC(=N)c1ccnc2c1Sc1ccccc1N2.N#Cc1ccnc2c1Sc1ccccc1N2.N=C(N)c1ccnc2c1Sc1ccccc1N2. The average molecular weight is 709 g/mol. The lowest BCUT2D eigenvalue weighted by Crippen LogP contribution is -2.15. The zero-order valence-electron chi connectivity index (χ0n) is 26.5. The zero-order valence-corrected chi connectivity index (χ0v) is 28.9. The third-order valence-electron chi connectivity index (χ3n) is 7.58. The number of aromatic nitrogens is 3. The monoisotopic (exact) mass is 708 g/mol. The molecule has 0 saturated carbocycles. The number of benzene rings is 3. The first-order valence-corrected chi connectivity index (χ1v) is 17.7. The molecule has 7 N–H and O–H groups in total. The van der Waals surface area contributed by atoms with Crippen LogP contribution in [0.4, 0.5) is 34.5 Å². The van der Waals surface area contributed by atoms with Gasteiger partial charge in [-0.05, 0) is 61.5 Å². The third-order valence-corrected chi connectivity index (χ3v) is 11.2. The number of nitrogens with one attached hydrogen (secondary N) is 5. The fraction of sp³-hybridized carbons (Fsp3) is 0.0270. The Labute approximate surface area is 301 Å². The molecule has 3 aliphatic heterocycles. The van der Waals surface area contributed by atoms with E-state index in [4.69, 9.17) is 21.8 Å². The van der Waals surface area contributed by atoms with Crippen LogP contribution in [-0.2, 0) is 0 Å². The van der Waals surface area contributed by atoms with E-state index < -0.39 is 0 Å². The van der Waals surface area contributed by atoms with Gasteiger partial charge in [-0.2, -0.15) is 5.26 Å². The van der Waals surface area contributed by atoms with Gasteiger partial charge in [0.1, 0.15) is 29.4 Å². The molecule has 0 atom stereocenters. The average Bonchev–Trinajstić information content (AvgIpc) is 3.15. The lowest BCUT2D eigenvalue weighted by molar-refractivity contribution is 1.17. The summed E-state index contributed by atoms with van der Waals surface area (Å²) < 4.78 is 0. The molecule has 0 spiro atoms. The Kier molecular flexibility index (Phi) is 9.39. The molecule has 0 unspecified atom stereocenters. The molecular weight excluding hydrogens is 681 g/mol. The Morgan fingerprint density at radius 3 is 1.46 bits per heavy atom. The fourth-order valence-electron chi connectivity index (χ4n) is 5.21. The molecule has 0 aliphatic carbocycles. The summed E-state index contributed by atoms with van der Waals surface area (Å²) in [6, 6.07) is 31.7. The highest BCUT2D eigenvalue weighted by molar-refractivity contribution is 8.00. The van der Waals surface area contributed by atoms with Crippen LogP contribution >= 0.6 is 35.3 Å². The van der Waals surface area contributed by atoms with Crippen molar-refractivity contribution in [1.29, 1.82) is 16.1 Å². The van der Waals surface area contributed by atoms with E-state index >= 15 is 0 Å². The second-order valence-electron chi connectivity index (χ2n) is 10.9. The first kappa shape index (κ1) is 32.7. The van der Waals surface area contributed by atoms with Crippen molar-refractivity contribution in [2.45, 2.75) is 36.3 Å². The molecule has 9 rings (SSSR count). The van der Waals surface area contributed by atoms with Crippen molar-refractivity contribution in [2.75, 3.05) is 16.0 Å². The number of hydrogen-bond acceptors (Lipinski definition) is 12. The number of pyridine rings is 3. The minimum absolute atomic E-state index is 0.0670. The molecule has 10 nitrogen and oxygen atoms in total. The molecule has 0 radical (unpaired) electrons. The van der Waals surface area contributed by atoms with E-state index in [9.17, 15) is 0 Å². The summed E-state index contributed by atoms with van der Waals surface area (Å²) in [6.07, 6.45) is 5.06. The van der Waals surface area contributed by atoms with Gasteiger partial charge in [-0.25, -0.2) is 15.0 Å². The Morgan fingerprint density at radius 2 is 1.00 bits per heavy atom. The zero-order chi connectivity index (χ0) is 34.6. The second kappa shape index (κ2) is 14.4. The summed E-state index contributed by atoms with van der Waals surface area (Å²) in [5.74, 6) is 2.44. The van der Waals surface area contributed by atoms with E-state index in [1.54, 1.807) is 72.9 Å². The van der Waals surface area contributed by atoms with E-state index in [2.05, 4.69) is 43.0 Å². The molecule has 0 saturated heterocycles. The van der Waals surface area contributed by atoms with Crippen LogP contribution < -0.4 is 21.7 Å². The molecule has 3 aliphatic rings. The van der Waals surface area contributed by atoms with Crippen molar-refractivity contribution in [2.24, 2.45) is 5.73 Å². The summed E-state index contributed by atoms with van der Waals surface area (Å²) in [6.45, 7) is 1.80. The minimum Gasteiger partial charge on any atom is -0.384 e. The maximum Gasteiger partial charge on any atom is 0.145 e. The number of nitriles is 1. The van der Waals surface area contributed by atoms with Crippen LogP contribution in [0.3, 0.4) is 0 Å². The van der Waals surface area contributed by atoms with Crippen LogP contribution in [-0.4, -0.2) is 26.5 Å². The third kappa shape index (κ3) is 6.72. The standard InChI is InChI=1S/C13H11N3S.C12H10N4S.C12H7N3S/c1-8(14)9-6-7-15-13-12(9)17-11-5-3-2-4-10(11)16-13;13-11(14)7-5-6-15-12-10(7)17-9-4-2-1-3-8(9)16-12;13-7-8-5-6-14-12-11(8)16-10-4-2-1-3-9(10)15-12/h2-7,14H,1H3,(H,15,16);1-6H,(H3,13,14)(H,15,16);1-6H,(H,14,15). The molecule has 3 aromatic carbocycles. The first-order chi connectivity index (χ1) is 24.4. The van der Waals surface area contributed by atoms with Gasteiger partial charge in [-0.15, -0.1) is 0 Å². The quantitative estimate of drug-likeness (QED) is 0.0746. The topological polar surface area (TPSA) is 172 Å². The van der Waals surface area contributed by atoms with Gasteiger partial charge in [-0.3, -0.25) is 5.41 Å². The van der Waals surface area contributed by atoms with Crippen LogP contribution in [0.2, 0.25) is 0 Å². The van der Waals surface area contributed by atoms with E-state index in [0.29, 0.717) is 11.3 Å². The number of hydrogen-bond donors (Lipinski definition) is 6. The Morgan fingerprint density at radius 1 is 0.600 bits per heavy atom. The number of fused-ring (bicyclic) bond motifs is 6. The molecule has 6 heterocycles. The van der Waals surface area contributed by atoms with Gasteiger partial charge in [0.15, 0.2) is 0 Å². The van der Waals surface area contributed by atoms with Crippen molar-refractivity contribution < 1.29 is 0 Å². The smallest absolute Gasteiger partial charge is 0.145 e. The highest BCUT2D eigenvalue weighted by Gasteiger charge is 2.22. The summed E-state index contributed by atoms with van der Waals surface area (Å²) in [5, 5.41) is 34.2. The molecule has 0 bridgehead atoms. The number of anilines is 6. The van der Waals surface area contributed by atoms with Crippen molar-refractivity contribution in [3.63, 3.8) is 0 Å². The van der Waals surface area contributed by atoms with Gasteiger partial charge in [-0.1, -0.05) is 71.7 Å². The summed E-state index contributed by atoms with van der Waals surface area (Å²) in [7, 11) is 0. The molecule has 0 fully saturated rings. The lowest BCUT2D eigenvalue weighted by Gasteiger charge is -2.21. The first-order valence-electron chi connectivity index (χ1n) is 15.3. The Hall–Kier alpha value is -5.81. The van der Waals surface area contributed by atoms with Crippen LogP contribution in [0, 0.1) is 22.1 Å². The highest BCUT2D eigenvalue weighted by atomic mass is 32.2. The van der Waals surface area contributed by atoms with Crippen molar-refractivity contribution >= 4 is 81.3 Å². The van der Waals surface area contributed by atoms with E-state index in [1.807, 2.05) is 72.8 Å². The number of nitrogen functional groups attached to an aromatic ring is 1. The van der Waals surface area contributed by atoms with Gasteiger partial charge in [0.25, 0.3) is 0 Å². The summed E-state index contributed by atoms with van der Waals surface area (Å²) in [5.41, 5.74) is 11.6. The Bertz CT molecular complexity index is 2230. The van der Waals surface area contributed by atoms with Gasteiger partial charge in [0.05, 0.1) is 37.3 Å². The summed E-state index contributed by atoms with van der Waals surface area (Å²) >= 11 is 4.85. The van der Waals surface area contributed by atoms with Gasteiger partial charge in [0.2, 0.25) is 0 Å². The van der Waals surface area contributed by atoms with E-state index in [0.717, 1.165) is 70.1 Å². The highest BCUT2D eigenvalue weighted by Crippen LogP contribution is 2.46. The van der Waals surface area contributed by atoms with Gasteiger partial charge in [0, 0.05) is 50.1 Å². The summed E-state index contributed by atoms with van der Waals surface area (Å²) in [4.78, 5) is 19.1. The molecular formula is C37H28N10S3. The Balaban J connectivity index is 0.000000118. The number of nitrogens with zero attached hydrogens (tertiary/aromatic N) is 4. The minimum atomic E-state index is 0.0670. The van der Waals surface area contributed by atoms with Crippen LogP contribution in [0.15, 0.2) is 139 Å². The number of amidine groups is 1. The van der Waals surface area contributed by atoms with Gasteiger partial charge < -0.3 is 27.1 Å². The number of nitrogens with two attached hydrogens (primary N) is 1. The maximum atomic E-state index is 9.02. The molecule has 244 valence electrons. The molecule has 50 heavy (non-hydrogen) atoms. The van der Waals surface area contributed by atoms with Crippen molar-refractivity contribution in [3.8, 4) is 6.07 Å². The van der Waals surface area contributed by atoms with Crippen LogP contribution in [0.1, 0.15) is 23.6 Å². The predicted molar refractivity (Wildman–Crippen MR) is 202 cm³/mol. The van der Waals surface area contributed by atoms with Gasteiger partial charge >= 0.3 is 0 Å². The van der Waals surface area contributed by atoms with Crippen LogP contribution in [0.25, 0.3) is 0 Å². The fourth-order valence-corrected chi connectivity index (χ4v) is 8.44. The normalized spacial score (nSPS) is 12.2. The molecule has 3 aromatic heterocycles. The predicted octanol–water partition coefficient (Wildman–Crippen LogP) is 9.41. The number of para-hydroxylation sites is 3. The van der Waals surface area contributed by atoms with Crippen molar-refractivity contribution in [1.82, 2.24) is 15.0 Å². The van der Waals surface area contributed by atoms with Crippen molar-refractivity contribution in [3.05, 3.63) is 126 Å². The number of rotatable bonds is 2. The van der Waals surface area contributed by atoms with Crippen LogP contribution in [0.5, 0.6) is 0 Å². The lowest BCUT2D eigenvalue weighted by atomic mass is 10.2. The molecule has 6 aromatic rings. The molecule has 13 heteroatoms. The largest absolute Gasteiger partial charge is 0.384 e. The second-order valence-corrected chi connectivity index (χ2v) is 14.1. The van der Waals surface area contributed by atoms with E-state index in [1.165, 1.54) is 4.90 Å².